The number of rotatable bonds is 2. The lowest BCUT2D eigenvalue weighted by atomic mass is 10.2. The number of carbonyl (C=O) groups excluding carboxylic acids is 2. The molecule has 0 atom stereocenters. The molecule has 0 bridgehead atoms. The molecule has 5 nitrogen and oxygen atoms in total. The van der Waals surface area contributed by atoms with Crippen LogP contribution in [0.2, 0.25) is 5.02 Å². The number of aromatic hydroxyl groups is 1. The van der Waals surface area contributed by atoms with Crippen molar-refractivity contribution >= 4 is 34.4 Å². The second-order valence-corrected chi connectivity index (χ2v) is 5.98. The van der Waals surface area contributed by atoms with Crippen molar-refractivity contribution in [2.24, 2.45) is 0 Å². The molecule has 26 heavy (non-hydrogen) atoms. The van der Waals surface area contributed by atoms with Crippen LogP contribution in [0.3, 0.4) is 0 Å². The van der Waals surface area contributed by atoms with Crippen LogP contribution in [-0.4, -0.2) is 21.6 Å². The third kappa shape index (κ3) is 2.80. The van der Waals surface area contributed by atoms with Gasteiger partial charge in [0.1, 0.15) is 5.82 Å². The predicted octanol–water partition coefficient (Wildman–Crippen LogP) is 4.20. The van der Waals surface area contributed by atoms with Crippen molar-refractivity contribution in [3.05, 3.63) is 58.2 Å². The number of phenolic OH excluding ortho intramolecular Hbond substituents is 1. The first-order valence-corrected chi connectivity index (χ1v) is 7.80. The minimum Gasteiger partial charge on any atom is -0.505 e. The van der Waals surface area contributed by atoms with Crippen molar-refractivity contribution in [3.63, 3.8) is 0 Å². The fourth-order valence-corrected chi connectivity index (χ4v) is 2.83. The highest BCUT2D eigenvalue weighted by molar-refractivity contribution is 6.30. The van der Waals surface area contributed by atoms with Gasteiger partial charge < -0.3 is 9.84 Å². The van der Waals surface area contributed by atoms with E-state index in [1.54, 1.807) is 0 Å². The van der Waals surface area contributed by atoms with Gasteiger partial charge in [-0.1, -0.05) is 11.6 Å². The molecule has 134 valence electrons. The van der Waals surface area contributed by atoms with Crippen molar-refractivity contribution in [3.8, 4) is 11.5 Å². The smallest absolute Gasteiger partial charge is 0.308 e. The Balaban J connectivity index is 2.30. The number of benzene rings is 2. The van der Waals surface area contributed by atoms with Gasteiger partial charge in [0.05, 0.1) is 21.6 Å². The monoisotopic (exact) mass is 379 g/mol. The Morgan fingerprint density at radius 1 is 1.19 bits per heavy atom. The quantitative estimate of drug-likeness (QED) is 0.677. The van der Waals surface area contributed by atoms with E-state index in [2.05, 4.69) is 0 Å². The van der Waals surface area contributed by atoms with Crippen LogP contribution in [0.1, 0.15) is 23.0 Å². The second-order valence-electron chi connectivity index (χ2n) is 5.57. The number of phenols is 1. The van der Waals surface area contributed by atoms with Gasteiger partial charge in [-0.3, -0.25) is 14.2 Å². The minimum absolute atomic E-state index is 0.0326. The maximum atomic E-state index is 14.4. The molecule has 0 spiro atoms. The molecule has 1 N–H and O–H groups in total. The lowest BCUT2D eigenvalue weighted by molar-refractivity contribution is -0.131. The summed E-state index contributed by atoms with van der Waals surface area (Å²) < 4.78 is 34.3. The summed E-state index contributed by atoms with van der Waals surface area (Å²) >= 11 is 5.63. The van der Waals surface area contributed by atoms with Crippen LogP contribution >= 0.6 is 11.6 Å². The number of ether oxygens (including phenoxy) is 1. The number of fused-ring (bicyclic) bond motifs is 1. The molecule has 0 aliphatic rings. The summed E-state index contributed by atoms with van der Waals surface area (Å²) in [6.07, 6.45) is 0. The predicted molar refractivity (Wildman–Crippen MR) is 90.7 cm³/mol. The van der Waals surface area contributed by atoms with Gasteiger partial charge in [0.15, 0.2) is 17.3 Å². The van der Waals surface area contributed by atoms with Crippen LogP contribution in [-0.2, 0) is 4.79 Å². The normalized spacial score (nSPS) is 11.0. The molecule has 0 unspecified atom stereocenters. The highest BCUT2D eigenvalue weighted by Crippen LogP contribution is 2.38. The third-order valence-corrected chi connectivity index (χ3v) is 4.15. The van der Waals surface area contributed by atoms with E-state index >= 15 is 0 Å². The van der Waals surface area contributed by atoms with Gasteiger partial charge in [0, 0.05) is 12.5 Å². The largest absolute Gasteiger partial charge is 0.505 e. The Morgan fingerprint density at radius 2 is 1.88 bits per heavy atom. The summed E-state index contributed by atoms with van der Waals surface area (Å²) in [6.45, 7) is 2.57. The highest BCUT2D eigenvalue weighted by Gasteiger charge is 2.26. The van der Waals surface area contributed by atoms with E-state index < -0.39 is 29.3 Å². The molecular formula is C18H12ClF2NO4. The van der Waals surface area contributed by atoms with Crippen molar-refractivity contribution in [1.82, 2.24) is 4.57 Å². The Kier molecular flexibility index (Phi) is 4.41. The first-order valence-electron chi connectivity index (χ1n) is 7.43. The van der Waals surface area contributed by atoms with Gasteiger partial charge in [-0.25, -0.2) is 8.78 Å². The van der Waals surface area contributed by atoms with Crippen LogP contribution in [0.5, 0.6) is 11.5 Å². The van der Waals surface area contributed by atoms with Gasteiger partial charge in [-0.15, -0.1) is 0 Å². The van der Waals surface area contributed by atoms with E-state index in [1.807, 2.05) is 0 Å². The number of hydrogen-bond donors (Lipinski definition) is 1. The summed E-state index contributed by atoms with van der Waals surface area (Å²) in [6, 6.07) is 5.88. The van der Waals surface area contributed by atoms with E-state index in [9.17, 15) is 23.5 Å². The Bertz CT molecular complexity index is 1070. The van der Waals surface area contributed by atoms with Crippen LogP contribution in [0.25, 0.3) is 10.9 Å². The van der Waals surface area contributed by atoms with E-state index in [-0.39, 0.29) is 32.9 Å². The van der Waals surface area contributed by atoms with Crippen molar-refractivity contribution < 1.29 is 28.2 Å². The van der Waals surface area contributed by atoms with Gasteiger partial charge >= 0.3 is 5.97 Å². The molecule has 0 aliphatic heterocycles. The maximum Gasteiger partial charge on any atom is 0.308 e. The molecule has 0 saturated carbocycles. The average molecular weight is 380 g/mol. The summed E-state index contributed by atoms with van der Waals surface area (Å²) in [7, 11) is 0. The number of esters is 1. The van der Waals surface area contributed by atoms with Crippen molar-refractivity contribution in [2.45, 2.75) is 13.8 Å². The lowest BCUT2D eigenvalue weighted by Crippen LogP contribution is -2.14. The van der Waals surface area contributed by atoms with E-state index in [0.29, 0.717) is 0 Å². The summed E-state index contributed by atoms with van der Waals surface area (Å²) in [5.41, 5.74) is 0.157. The zero-order valence-electron chi connectivity index (χ0n) is 13.6. The standard InChI is InChI=1S/C18H12ClF2NO4/c1-8-17(26-9(2)23)15-13(5-6-14(24)16(15)21)22(8)18(25)10-3-4-11(19)12(20)7-10/h3-7,24H,1-2H3. The molecule has 1 aromatic heterocycles. The molecule has 3 rings (SSSR count). The number of hydrogen-bond acceptors (Lipinski definition) is 4. The fourth-order valence-electron chi connectivity index (χ4n) is 2.71. The fraction of sp³-hybridized carbons (Fsp3) is 0.111. The van der Waals surface area contributed by atoms with Crippen LogP contribution in [0.4, 0.5) is 8.78 Å². The number of halogens is 3. The molecule has 2 aromatic carbocycles. The lowest BCUT2D eigenvalue weighted by Gasteiger charge is -2.08. The third-order valence-electron chi connectivity index (χ3n) is 3.85. The molecule has 0 fully saturated rings. The Morgan fingerprint density at radius 3 is 2.50 bits per heavy atom. The van der Waals surface area contributed by atoms with Crippen LogP contribution < -0.4 is 4.74 Å². The van der Waals surface area contributed by atoms with E-state index in [1.165, 1.54) is 25.1 Å². The molecule has 0 aliphatic carbocycles. The second kappa shape index (κ2) is 6.42. The molecule has 0 saturated heterocycles. The first-order chi connectivity index (χ1) is 12.2. The number of aromatic nitrogens is 1. The van der Waals surface area contributed by atoms with Crippen LogP contribution in [0.15, 0.2) is 30.3 Å². The summed E-state index contributed by atoms with van der Waals surface area (Å²) in [5, 5.41) is 9.26. The van der Waals surface area contributed by atoms with Crippen molar-refractivity contribution in [1.29, 1.82) is 0 Å². The van der Waals surface area contributed by atoms with Crippen LogP contribution in [0, 0.1) is 18.6 Å². The molecule has 1 heterocycles. The van der Waals surface area contributed by atoms with Gasteiger partial charge in [0.25, 0.3) is 5.91 Å². The topological polar surface area (TPSA) is 68.5 Å². The van der Waals surface area contributed by atoms with Gasteiger partial charge in [-0.05, 0) is 37.3 Å². The minimum atomic E-state index is -1.03. The molecule has 0 amide bonds. The van der Waals surface area contributed by atoms with E-state index in [0.717, 1.165) is 23.6 Å². The average Bonchev–Trinajstić information content (AvgIpc) is 2.85. The van der Waals surface area contributed by atoms with E-state index in [4.69, 9.17) is 16.3 Å². The van der Waals surface area contributed by atoms with Gasteiger partial charge in [-0.2, -0.15) is 0 Å². The summed E-state index contributed by atoms with van der Waals surface area (Å²) in [5.74, 6) is -4.06. The molecule has 3 aromatic rings. The highest BCUT2D eigenvalue weighted by atomic mass is 35.5. The first kappa shape index (κ1) is 17.9. The number of carbonyl (C=O) groups is 2. The van der Waals surface area contributed by atoms with Crippen molar-refractivity contribution in [2.75, 3.05) is 0 Å². The molecule has 8 heteroatoms. The zero-order chi connectivity index (χ0) is 19.2. The number of nitrogens with zero attached hydrogens (tertiary/aromatic N) is 1. The zero-order valence-corrected chi connectivity index (χ0v) is 14.4. The Hall–Kier alpha value is -2.93. The van der Waals surface area contributed by atoms with Gasteiger partial charge in [0.2, 0.25) is 0 Å². The molecular weight excluding hydrogens is 368 g/mol. The maximum absolute atomic E-state index is 14.4. The summed E-state index contributed by atoms with van der Waals surface area (Å²) in [4.78, 5) is 24.2. The SMILES string of the molecule is CC(=O)Oc1c(C)n(C(=O)c2ccc(Cl)c(F)c2)c2ccc(O)c(F)c12. The molecule has 0 radical (unpaired) electrons. The Labute approximate surface area is 151 Å².